The maximum absolute atomic E-state index is 5.69. The second-order valence-corrected chi connectivity index (χ2v) is 3.85. The van der Waals surface area contributed by atoms with Crippen LogP contribution in [-0.4, -0.2) is 12.7 Å². The zero-order valence-corrected chi connectivity index (χ0v) is 7.01. The van der Waals surface area contributed by atoms with Crippen molar-refractivity contribution in [2.75, 3.05) is 6.61 Å². The third-order valence-electron chi connectivity index (χ3n) is 2.89. The fourth-order valence-electron chi connectivity index (χ4n) is 2.28. The Morgan fingerprint density at radius 2 is 2.09 bits per heavy atom. The minimum absolute atomic E-state index is 0.578. The van der Waals surface area contributed by atoms with Crippen LogP contribution in [0.4, 0.5) is 0 Å². The van der Waals surface area contributed by atoms with Crippen molar-refractivity contribution in [3.05, 3.63) is 12.2 Å². The number of rotatable bonds is 0. The molecule has 2 rings (SSSR count). The summed E-state index contributed by atoms with van der Waals surface area (Å²) in [6.07, 6.45) is 7.23. The maximum Gasteiger partial charge on any atom is 0.0678 e. The van der Waals surface area contributed by atoms with Crippen molar-refractivity contribution in [3.63, 3.8) is 0 Å². The highest BCUT2D eigenvalue weighted by Crippen LogP contribution is 2.34. The molecule has 2 fully saturated rings. The third-order valence-corrected chi connectivity index (χ3v) is 2.89. The molecule has 1 saturated carbocycles. The van der Waals surface area contributed by atoms with Crippen molar-refractivity contribution in [2.24, 2.45) is 5.92 Å². The van der Waals surface area contributed by atoms with E-state index in [0.717, 1.165) is 12.5 Å². The van der Waals surface area contributed by atoms with Gasteiger partial charge in [0.1, 0.15) is 0 Å². The lowest BCUT2D eigenvalue weighted by atomic mass is 9.81. The quantitative estimate of drug-likeness (QED) is 0.485. The topological polar surface area (TPSA) is 9.23 Å². The Balaban J connectivity index is 1.98. The molecule has 62 valence electrons. The van der Waals surface area contributed by atoms with Gasteiger partial charge in [0, 0.05) is 0 Å². The molecule has 1 aliphatic carbocycles. The van der Waals surface area contributed by atoms with Gasteiger partial charge in [-0.25, -0.2) is 0 Å². The predicted octanol–water partition coefficient (Wildman–Crippen LogP) is 2.52. The molecule has 1 aliphatic heterocycles. The van der Waals surface area contributed by atoms with Gasteiger partial charge in [-0.05, 0) is 25.2 Å². The first kappa shape index (κ1) is 7.35. The van der Waals surface area contributed by atoms with Crippen molar-refractivity contribution in [1.29, 1.82) is 0 Å². The van der Waals surface area contributed by atoms with Crippen molar-refractivity contribution < 1.29 is 4.74 Å². The summed E-state index contributed by atoms with van der Waals surface area (Å²) in [7, 11) is 0. The van der Waals surface area contributed by atoms with Crippen LogP contribution in [0.2, 0.25) is 0 Å². The molecule has 0 amide bonds. The van der Waals surface area contributed by atoms with Crippen LogP contribution < -0.4 is 0 Å². The highest BCUT2D eigenvalue weighted by atomic mass is 16.5. The molecule has 11 heavy (non-hydrogen) atoms. The number of hydrogen-bond acceptors (Lipinski definition) is 1. The lowest BCUT2D eigenvalue weighted by Crippen LogP contribution is -2.33. The van der Waals surface area contributed by atoms with Gasteiger partial charge < -0.3 is 4.74 Å². The van der Waals surface area contributed by atoms with Gasteiger partial charge in [0.15, 0.2) is 0 Å². The summed E-state index contributed by atoms with van der Waals surface area (Å²) in [4.78, 5) is 0. The van der Waals surface area contributed by atoms with E-state index in [2.05, 4.69) is 6.58 Å². The van der Waals surface area contributed by atoms with E-state index in [1.807, 2.05) is 0 Å². The van der Waals surface area contributed by atoms with Crippen LogP contribution >= 0.6 is 0 Å². The van der Waals surface area contributed by atoms with Crippen LogP contribution in [0.3, 0.4) is 0 Å². The maximum atomic E-state index is 5.69. The zero-order chi connectivity index (χ0) is 7.68. The molecule has 2 atom stereocenters. The highest BCUT2D eigenvalue weighted by molar-refractivity contribution is 5.01. The van der Waals surface area contributed by atoms with Gasteiger partial charge in [0.25, 0.3) is 0 Å². The predicted molar refractivity (Wildman–Crippen MR) is 45.5 cm³/mol. The molecule has 0 aromatic rings. The summed E-state index contributed by atoms with van der Waals surface area (Å²) < 4.78 is 5.69. The van der Waals surface area contributed by atoms with Gasteiger partial charge in [-0.15, -0.1) is 0 Å². The average Bonchev–Trinajstić information content (AvgIpc) is 2.04. The molecule has 1 nitrogen and oxygen atoms in total. The molecule has 1 heterocycles. The van der Waals surface area contributed by atoms with Gasteiger partial charge in [-0.3, -0.25) is 0 Å². The summed E-state index contributed by atoms with van der Waals surface area (Å²) in [5.41, 5.74) is 1.30. The van der Waals surface area contributed by atoms with Crippen LogP contribution in [0.1, 0.15) is 32.1 Å². The van der Waals surface area contributed by atoms with E-state index in [0.29, 0.717) is 6.10 Å². The normalized spacial score (nSPS) is 38.4. The molecule has 0 unspecified atom stereocenters. The Hall–Kier alpha value is -0.300. The van der Waals surface area contributed by atoms with Gasteiger partial charge in [-0.2, -0.15) is 0 Å². The molecule has 0 aromatic carbocycles. The second-order valence-electron chi connectivity index (χ2n) is 3.85. The molecule has 0 aromatic heterocycles. The van der Waals surface area contributed by atoms with E-state index in [1.165, 1.54) is 37.7 Å². The van der Waals surface area contributed by atoms with E-state index in [9.17, 15) is 0 Å². The fraction of sp³-hybridized carbons (Fsp3) is 0.800. The smallest absolute Gasteiger partial charge is 0.0678 e. The minimum atomic E-state index is 0.578. The van der Waals surface area contributed by atoms with Crippen LogP contribution in [0, 0.1) is 5.92 Å². The molecule has 0 N–H and O–H groups in total. The summed E-state index contributed by atoms with van der Waals surface area (Å²) in [5, 5.41) is 0. The van der Waals surface area contributed by atoms with E-state index in [1.54, 1.807) is 0 Å². The molecule has 2 aliphatic rings. The lowest BCUT2D eigenvalue weighted by molar-refractivity contribution is -0.0225. The first-order chi connectivity index (χ1) is 5.36. The lowest BCUT2D eigenvalue weighted by Gasteiger charge is -2.36. The summed E-state index contributed by atoms with van der Waals surface area (Å²) in [6.45, 7) is 4.80. The Morgan fingerprint density at radius 1 is 1.27 bits per heavy atom. The number of hydrogen-bond donors (Lipinski definition) is 0. The fourth-order valence-corrected chi connectivity index (χ4v) is 2.28. The van der Waals surface area contributed by atoms with Crippen LogP contribution in [-0.2, 0) is 4.74 Å². The molecule has 1 saturated heterocycles. The van der Waals surface area contributed by atoms with E-state index in [4.69, 9.17) is 4.74 Å². The minimum Gasteiger partial charge on any atom is -0.374 e. The first-order valence-corrected chi connectivity index (χ1v) is 4.64. The summed E-state index contributed by atoms with van der Waals surface area (Å²) >= 11 is 0. The SMILES string of the molecule is C=C1CO[C@H]2CCCC[C@@H]2C1. The van der Waals surface area contributed by atoms with Crippen molar-refractivity contribution in [2.45, 2.75) is 38.2 Å². The van der Waals surface area contributed by atoms with E-state index >= 15 is 0 Å². The summed E-state index contributed by atoms with van der Waals surface area (Å²) in [6, 6.07) is 0. The Labute approximate surface area is 68.4 Å². The molecule has 0 radical (unpaired) electrons. The van der Waals surface area contributed by atoms with Crippen molar-refractivity contribution >= 4 is 0 Å². The third kappa shape index (κ3) is 1.48. The number of ether oxygens (including phenoxy) is 1. The largest absolute Gasteiger partial charge is 0.374 e. The van der Waals surface area contributed by atoms with Gasteiger partial charge in [0.2, 0.25) is 0 Å². The van der Waals surface area contributed by atoms with Crippen molar-refractivity contribution in [3.8, 4) is 0 Å². The van der Waals surface area contributed by atoms with E-state index in [-0.39, 0.29) is 0 Å². The van der Waals surface area contributed by atoms with Crippen LogP contribution in [0.5, 0.6) is 0 Å². The molecular weight excluding hydrogens is 136 g/mol. The summed E-state index contributed by atoms with van der Waals surface area (Å²) in [5.74, 6) is 0.810. The first-order valence-electron chi connectivity index (χ1n) is 4.64. The Bertz CT molecular complexity index is 162. The van der Waals surface area contributed by atoms with Crippen molar-refractivity contribution in [1.82, 2.24) is 0 Å². The Kier molecular flexibility index (Phi) is 1.99. The average molecular weight is 152 g/mol. The van der Waals surface area contributed by atoms with Crippen LogP contribution in [0.15, 0.2) is 12.2 Å². The molecule has 0 spiro atoms. The molecular formula is C10H16O. The number of fused-ring (bicyclic) bond motifs is 1. The highest BCUT2D eigenvalue weighted by Gasteiger charge is 2.29. The monoisotopic (exact) mass is 152 g/mol. The second kappa shape index (κ2) is 2.98. The van der Waals surface area contributed by atoms with Gasteiger partial charge in [0.05, 0.1) is 12.7 Å². The van der Waals surface area contributed by atoms with Crippen LogP contribution in [0.25, 0.3) is 0 Å². The Morgan fingerprint density at radius 3 is 3.00 bits per heavy atom. The standard InChI is InChI=1S/C10H16O/c1-8-6-9-4-2-3-5-10(9)11-7-8/h9-10H,1-7H2/t9-,10+/m1/s1. The van der Waals surface area contributed by atoms with E-state index < -0.39 is 0 Å². The van der Waals surface area contributed by atoms with Gasteiger partial charge in [-0.1, -0.05) is 25.0 Å². The molecule has 1 heteroatoms. The zero-order valence-electron chi connectivity index (χ0n) is 7.01. The molecule has 0 bridgehead atoms. The van der Waals surface area contributed by atoms with Gasteiger partial charge >= 0.3 is 0 Å².